The molecule has 2 nitrogen and oxygen atoms in total. The van der Waals surface area contributed by atoms with Gasteiger partial charge in [-0.1, -0.05) is 12.7 Å². The van der Waals surface area contributed by atoms with Crippen LogP contribution in [0.25, 0.3) is 6.08 Å². The highest BCUT2D eigenvalue weighted by Gasteiger charge is 2.04. The van der Waals surface area contributed by atoms with E-state index in [4.69, 9.17) is 4.74 Å². The van der Waals surface area contributed by atoms with Crippen LogP contribution in [-0.4, -0.2) is 12.2 Å². The molecule has 1 aromatic carbocycles. The fraction of sp³-hybridized carbons (Fsp3) is 0.111. The molecule has 0 aliphatic heterocycles. The second kappa shape index (κ2) is 3.63. The minimum atomic E-state index is 0.186. The third-order valence-electron chi connectivity index (χ3n) is 1.52. The molecule has 0 aliphatic carbocycles. The molecule has 1 rings (SSSR count). The Labute approximate surface area is 79.6 Å². The summed E-state index contributed by atoms with van der Waals surface area (Å²) in [4.78, 5) is 0. The summed E-state index contributed by atoms with van der Waals surface area (Å²) in [5.41, 5.74) is 0.776. The number of phenolic OH excluding ortho intramolecular Hbond substituents is 1. The zero-order valence-electron chi connectivity index (χ0n) is 6.67. The van der Waals surface area contributed by atoms with E-state index in [-0.39, 0.29) is 5.75 Å². The molecule has 0 saturated carbocycles. The van der Waals surface area contributed by atoms with Gasteiger partial charge < -0.3 is 9.84 Å². The first-order valence-electron chi connectivity index (χ1n) is 3.38. The molecule has 0 heterocycles. The first kappa shape index (κ1) is 9.13. The van der Waals surface area contributed by atoms with Crippen molar-refractivity contribution in [2.45, 2.75) is 0 Å². The first-order chi connectivity index (χ1) is 5.69. The predicted octanol–water partition coefficient (Wildman–Crippen LogP) is 2.81. The molecule has 0 radical (unpaired) electrons. The number of benzene rings is 1. The maximum absolute atomic E-state index is 9.30. The summed E-state index contributed by atoms with van der Waals surface area (Å²) in [5.74, 6) is 0.875. The molecular weight excluding hydrogens is 220 g/mol. The van der Waals surface area contributed by atoms with Crippen molar-refractivity contribution in [3.8, 4) is 11.5 Å². The van der Waals surface area contributed by atoms with Crippen LogP contribution in [-0.2, 0) is 0 Å². The molecule has 3 heteroatoms. The zero-order valence-corrected chi connectivity index (χ0v) is 8.26. The molecule has 0 bridgehead atoms. The molecule has 0 unspecified atom stereocenters. The van der Waals surface area contributed by atoms with Crippen molar-refractivity contribution in [3.05, 3.63) is 28.7 Å². The fourth-order valence-corrected chi connectivity index (χ4v) is 1.22. The maximum atomic E-state index is 9.30. The average Bonchev–Trinajstić information content (AvgIpc) is 2.09. The summed E-state index contributed by atoms with van der Waals surface area (Å²) in [5, 5.41) is 9.30. The number of halogens is 1. The number of methoxy groups -OCH3 is 1. The molecule has 1 N–H and O–H groups in total. The SMILES string of the molecule is C=Cc1cc(O)c(Br)cc1OC. The number of rotatable bonds is 2. The van der Waals surface area contributed by atoms with Gasteiger partial charge in [0.2, 0.25) is 0 Å². The van der Waals surface area contributed by atoms with Crippen LogP contribution < -0.4 is 4.74 Å². The Kier molecular flexibility index (Phi) is 2.76. The van der Waals surface area contributed by atoms with Gasteiger partial charge in [-0.25, -0.2) is 0 Å². The van der Waals surface area contributed by atoms with E-state index in [2.05, 4.69) is 22.5 Å². The van der Waals surface area contributed by atoms with E-state index < -0.39 is 0 Å². The Morgan fingerprint density at radius 3 is 2.75 bits per heavy atom. The van der Waals surface area contributed by atoms with Crippen molar-refractivity contribution < 1.29 is 9.84 Å². The summed E-state index contributed by atoms with van der Waals surface area (Å²) in [6, 6.07) is 3.29. The van der Waals surface area contributed by atoms with E-state index in [1.54, 1.807) is 25.3 Å². The van der Waals surface area contributed by atoms with Crippen LogP contribution in [0.1, 0.15) is 5.56 Å². The average molecular weight is 229 g/mol. The van der Waals surface area contributed by atoms with Gasteiger partial charge >= 0.3 is 0 Å². The molecule has 0 amide bonds. The standard InChI is InChI=1S/C9H9BrO2/c1-3-6-4-8(11)7(10)5-9(6)12-2/h3-5,11H,1H2,2H3. The van der Waals surface area contributed by atoms with Crippen LogP contribution >= 0.6 is 15.9 Å². The molecule has 0 atom stereocenters. The summed E-state index contributed by atoms with van der Waals surface area (Å²) in [7, 11) is 1.58. The number of aromatic hydroxyl groups is 1. The van der Waals surface area contributed by atoms with Gasteiger partial charge in [-0.2, -0.15) is 0 Å². The lowest BCUT2D eigenvalue weighted by molar-refractivity contribution is 0.410. The van der Waals surface area contributed by atoms with Crippen molar-refractivity contribution in [2.24, 2.45) is 0 Å². The van der Waals surface area contributed by atoms with E-state index in [9.17, 15) is 5.11 Å². The molecule has 0 spiro atoms. The number of hydrogen-bond acceptors (Lipinski definition) is 2. The third-order valence-corrected chi connectivity index (χ3v) is 2.15. The first-order valence-corrected chi connectivity index (χ1v) is 4.17. The highest BCUT2D eigenvalue weighted by molar-refractivity contribution is 9.10. The van der Waals surface area contributed by atoms with Crippen LogP contribution in [0.5, 0.6) is 11.5 Å². The van der Waals surface area contributed by atoms with E-state index in [0.29, 0.717) is 10.2 Å². The van der Waals surface area contributed by atoms with Crippen molar-refractivity contribution >= 4 is 22.0 Å². The van der Waals surface area contributed by atoms with E-state index in [1.807, 2.05) is 0 Å². The van der Waals surface area contributed by atoms with Crippen molar-refractivity contribution in [1.82, 2.24) is 0 Å². The van der Waals surface area contributed by atoms with Gasteiger partial charge in [0.05, 0.1) is 11.6 Å². The Morgan fingerprint density at radius 1 is 1.58 bits per heavy atom. The van der Waals surface area contributed by atoms with Crippen molar-refractivity contribution in [1.29, 1.82) is 0 Å². The predicted molar refractivity (Wildman–Crippen MR) is 52.4 cm³/mol. The molecule has 64 valence electrons. The second-order valence-electron chi connectivity index (χ2n) is 2.25. The summed E-state index contributed by atoms with van der Waals surface area (Å²) < 4.78 is 5.68. The van der Waals surface area contributed by atoms with Crippen LogP contribution in [0, 0.1) is 0 Å². The Balaban J connectivity index is 3.28. The van der Waals surface area contributed by atoms with Crippen molar-refractivity contribution in [3.63, 3.8) is 0 Å². The smallest absolute Gasteiger partial charge is 0.130 e. The highest BCUT2D eigenvalue weighted by atomic mass is 79.9. The molecule has 1 aromatic rings. The Morgan fingerprint density at radius 2 is 2.25 bits per heavy atom. The minimum absolute atomic E-state index is 0.186. The topological polar surface area (TPSA) is 29.5 Å². The van der Waals surface area contributed by atoms with Gasteiger partial charge in [0, 0.05) is 5.56 Å². The Hall–Kier alpha value is -0.960. The fourth-order valence-electron chi connectivity index (χ4n) is 0.896. The molecule has 12 heavy (non-hydrogen) atoms. The van der Waals surface area contributed by atoms with Gasteiger partial charge in [0.25, 0.3) is 0 Å². The zero-order chi connectivity index (χ0) is 9.14. The van der Waals surface area contributed by atoms with Crippen LogP contribution in [0.4, 0.5) is 0 Å². The molecule has 0 aromatic heterocycles. The van der Waals surface area contributed by atoms with Crippen LogP contribution in [0.2, 0.25) is 0 Å². The summed E-state index contributed by atoms with van der Waals surface area (Å²) >= 11 is 3.19. The van der Waals surface area contributed by atoms with Gasteiger partial charge in [0.1, 0.15) is 11.5 Å². The van der Waals surface area contributed by atoms with E-state index in [1.165, 1.54) is 0 Å². The Bertz CT molecular complexity index is 308. The number of hydrogen-bond donors (Lipinski definition) is 1. The van der Waals surface area contributed by atoms with Crippen LogP contribution in [0.15, 0.2) is 23.2 Å². The maximum Gasteiger partial charge on any atom is 0.130 e. The lowest BCUT2D eigenvalue weighted by Gasteiger charge is -2.06. The van der Waals surface area contributed by atoms with E-state index in [0.717, 1.165) is 5.56 Å². The monoisotopic (exact) mass is 228 g/mol. The lowest BCUT2D eigenvalue weighted by Crippen LogP contribution is -1.86. The van der Waals surface area contributed by atoms with E-state index >= 15 is 0 Å². The van der Waals surface area contributed by atoms with Crippen molar-refractivity contribution in [2.75, 3.05) is 7.11 Å². The second-order valence-corrected chi connectivity index (χ2v) is 3.10. The number of phenols is 1. The largest absolute Gasteiger partial charge is 0.507 e. The minimum Gasteiger partial charge on any atom is -0.507 e. The normalized spacial score (nSPS) is 9.50. The van der Waals surface area contributed by atoms with Gasteiger partial charge in [-0.05, 0) is 28.1 Å². The quantitative estimate of drug-likeness (QED) is 0.844. The molecule has 0 aliphatic rings. The lowest BCUT2D eigenvalue weighted by atomic mass is 10.2. The third kappa shape index (κ3) is 1.61. The molecular formula is C9H9BrO2. The molecule has 0 saturated heterocycles. The van der Waals surface area contributed by atoms with Gasteiger partial charge in [0.15, 0.2) is 0 Å². The summed E-state index contributed by atoms with van der Waals surface area (Å²) in [6.07, 6.45) is 1.63. The highest BCUT2D eigenvalue weighted by Crippen LogP contribution is 2.32. The van der Waals surface area contributed by atoms with Crippen LogP contribution in [0.3, 0.4) is 0 Å². The van der Waals surface area contributed by atoms with Gasteiger partial charge in [-0.15, -0.1) is 0 Å². The van der Waals surface area contributed by atoms with Gasteiger partial charge in [-0.3, -0.25) is 0 Å². The number of ether oxygens (including phenoxy) is 1. The molecule has 0 fully saturated rings. The summed E-state index contributed by atoms with van der Waals surface area (Å²) in [6.45, 7) is 3.60.